The van der Waals surface area contributed by atoms with E-state index in [4.69, 9.17) is 0 Å². The Morgan fingerprint density at radius 1 is 1.61 bits per heavy atom. The quantitative estimate of drug-likeness (QED) is 0.666. The fourth-order valence-electron chi connectivity index (χ4n) is 1.76. The van der Waals surface area contributed by atoms with Crippen LogP contribution in [0.15, 0.2) is 17.8 Å². The first-order chi connectivity index (χ1) is 8.63. The molecule has 0 bridgehead atoms. The number of rotatable bonds is 5. The summed E-state index contributed by atoms with van der Waals surface area (Å²) in [6, 6.07) is 2.08. The van der Waals surface area contributed by atoms with Crippen molar-refractivity contribution in [1.82, 2.24) is 9.55 Å². The Balaban J connectivity index is 2.15. The zero-order chi connectivity index (χ0) is 13.1. The maximum absolute atomic E-state index is 10.8. The van der Waals surface area contributed by atoms with Crippen LogP contribution in [0.3, 0.4) is 0 Å². The highest BCUT2D eigenvalue weighted by molar-refractivity contribution is 7.10. The molecule has 2 heterocycles. The molecule has 0 aliphatic heterocycles. The summed E-state index contributed by atoms with van der Waals surface area (Å²) in [6.45, 7) is 2.68. The zero-order valence-electron chi connectivity index (χ0n) is 10.2. The van der Waals surface area contributed by atoms with Gasteiger partial charge in [0.05, 0.1) is 6.54 Å². The Kier molecular flexibility index (Phi) is 3.61. The molecule has 1 N–H and O–H groups in total. The van der Waals surface area contributed by atoms with Crippen molar-refractivity contribution in [3.8, 4) is 0 Å². The van der Waals surface area contributed by atoms with Gasteiger partial charge in [-0.2, -0.15) is 0 Å². The minimum absolute atomic E-state index is 0.132. The van der Waals surface area contributed by atoms with Crippen LogP contribution in [0.5, 0.6) is 0 Å². The van der Waals surface area contributed by atoms with Crippen molar-refractivity contribution in [1.29, 1.82) is 0 Å². The molecule has 0 aliphatic carbocycles. The highest BCUT2D eigenvalue weighted by Crippen LogP contribution is 2.24. The third-order valence-corrected chi connectivity index (χ3v) is 3.69. The lowest BCUT2D eigenvalue weighted by molar-refractivity contribution is -0.388. The Bertz CT molecular complexity index is 561. The van der Waals surface area contributed by atoms with Crippen LogP contribution in [-0.2, 0) is 20.0 Å². The molecule has 0 aliphatic rings. The van der Waals surface area contributed by atoms with Crippen LogP contribution in [0.2, 0.25) is 0 Å². The Hall–Kier alpha value is -1.89. The molecule has 0 saturated carbocycles. The summed E-state index contributed by atoms with van der Waals surface area (Å²) in [7, 11) is 1.73. The van der Waals surface area contributed by atoms with Crippen LogP contribution in [-0.4, -0.2) is 14.5 Å². The first-order valence-corrected chi connectivity index (χ1v) is 6.46. The number of anilines is 1. The first kappa shape index (κ1) is 12.6. The summed E-state index contributed by atoms with van der Waals surface area (Å²) in [5.74, 6) is 0.308. The largest absolute Gasteiger partial charge is 0.406 e. The fourth-order valence-corrected chi connectivity index (χ4v) is 2.67. The second-order valence-electron chi connectivity index (χ2n) is 3.86. The van der Waals surface area contributed by atoms with Crippen LogP contribution >= 0.6 is 11.3 Å². The van der Waals surface area contributed by atoms with E-state index in [1.54, 1.807) is 23.0 Å². The van der Waals surface area contributed by atoms with Gasteiger partial charge in [0.1, 0.15) is 0 Å². The molecule has 96 valence electrons. The monoisotopic (exact) mass is 266 g/mol. The van der Waals surface area contributed by atoms with Gasteiger partial charge in [-0.3, -0.25) is 4.57 Å². The highest BCUT2D eigenvalue weighted by Gasteiger charge is 2.19. The molecule has 0 spiro atoms. The number of nitrogens with zero attached hydrogens (tertiary/aromatic N) is 3. The lowest BCUT2D eigenvalue weighted by Crippen LogP contribution is -2.05. The molecule has 2 rings (SSSR count). The second kappa shape index (κ2) is 5.18. The smallest absolute Gasteiger partial charge is 0.359 e. The van der Waals surface area contributed by atoms with Crippen LogP contribution in [0.4, 0.5) is 11.6 Å². The molecule has 0 amide bonds. The molecule has 0 aromatic carbocycles. The summed E-state index contributed by atoms with van der Waals surface area (Å²) < 4.78 is 1.62. The molecule has 0 saturated heterocycles. The van der Waals surface area contributed by atoms with Crippen LogP contribution in [0.1, 0.15) is 17.4 Å². The van der Waals surface area contributed by atoms with E-state index < -0.39 is 4.92 Å². The number of aromatic nitrogens is 2. The Labute approximate surface area is 108 Å². The maximum atomic E-state index is 10.8. The third kappa shape index (κ3) is 2.35. The van der Waals surface area contributed by atoms with Crippen molar-refractivity contribution in [2.75, 3.05) is 5.32 Å². The van der Waals surface area contributed by atoms with Gasteiger partial charge in [0.25, 0.3) is 0 Å². The van der Waals surface area contributed by atoms with Gasteiger partial charge in [0, 0.05) is 11.9 Å². The second-order valence-corrected chi connectivity index (χ2v) is 4.86. The molecule has 7 heteroatoms. The Morgan fingerprint density at radius 3 is 3.06 bits per heavy atom. The number of aryl methyl sites for hydroxylation is 2. The van der Waals surface area contributed by atoms with E-state index in [2.05, 4.69) is 23.3 Å². The van der Waals surface area contributed by atoms with Crippen LogP contribution in [0.25, 0.3) is 0 Å². The summed E-state index contributed by atoms with van der Waals surface area (Å²) in [5, 5.41) is 15.9. The van der Waals surface area contributed by atoms with Gasteiger partial charge in [0.2, 0.25) is 12.1 Å². The van der Waals surface area contributed by atoms with Gasteiger partial charge < -0.3 is 15.4 Å². The molecule has 0 radical (unpaired) electrons. The number of imidazole rings is 1. The SMILES string of the molecule is CCc1ccsc1CNc1c([N+](=O)[O-])ncn1C. The average Bonchev–Trinajstić information content (AvgIpc) is 2.92. The van der Waals surface area contributed by atoms with Crippen molar-refractivity contribution in [2.24, 2.45) is 7.05 Å². The molecular weight excluding hydrogens is 252 g/mol. The van der Waals surface area contributed by atoms with E-state index in [1.165, 1.54) is 16.8 Å². The van der Waals surface area contributed by atoms with E-state index in [1.807, 2.05) is 5.38 Å². The predicted octanol–water partition coefficient (Wildman–Crippen LogP) is 2.56. The van der Waals surface area contributed by atoms with E-state index in [0.29, 0.717) is 12.4 Å². The number of hydrogen-bond donors (Lipinski definition) is 1. The highest BCUT2D eigenvalue weighted by atomic mass is 32.1. The summed E-state index contributed by atoms with van der Waals surface area (Å²) >= 11 is 1.65. The third-order valence-electron chi connectivity index (χ3n) is 2.73. The molecule has 0 unspecified atom stereocenters. The normalized spacial score (nSPS) is 10.6. The van der Waals surface area contributed by atoms with Crippen LogP contribution < -0.4 is 5.32 Å². The maximum Gasteiger partial charge on any atom is 0.406 e. The summed E-state index contributed by atoms with van der Waals surface area (Å²) in [6.07, 6.45) is 2.41. The molecule has 2 aromatic rings. The van der Waals surface area contributed by atoms with Crippen molar-refractivity contribution < 1.29 is 4.92 Å². The van der Waals surface area contributed by atoms with Crippen LogP contribution in [0, 0.1) is 10.1 Å². The number of nitro groups is 1. The van der Waals surface area contributed by atoms with E-state index in [9.17, 15) is 10.1 Å². The lowest BCUT2D eigenvalue weighted by atomic mass is 10.2. The average molecular weight is 266 g/mol. The summed E-state index contributed by atoms with van der Waals surface area (Å²) in [5.41, 5.74) is 1.28. The minimum Gasteiger partial charge on any atom is -0.359 e. The van der Waals surface area contributed by atoms with Gasteiger partial charge in [0.15, 0.2) is 0 Å². The van der Waals surface area contributed by atoms with Gasteiger partial charge >= 0.3 is 5.82 Å². The van der Waals surface area contributed by atoms with Crippen molar-refractivity contribution in [3.63, 3.8) is 0 Å². The predicted molar refractivity (Wildman–Crippen MR) is 70.9 cm³/mol. The van der Waals surface area contributed by atoms with E-state index in [-0.39, 0.29) is 5.82 Å². The fraction of sp³-hybridized carbons (Fsp3) is 0.364. The number of hydrogen-bond acceptors (Lipinski definition) is 5. The molecular formula is C11H14N4O2S. The van der Waals surface area contributed by atoms with Gasteiger partial charge in [-0.1, -0.05) is 6.92 Å². The van der Waals surface area contributed by atoms with Crippen molar-refractivity contribution in [3.05, 3.63) is 38.3 Å². The first-order valence-electron chi connectivity index (χ1n) is 5.58. The van der Waals surface area contributed by atoms with Gasteiger partial charge in [-0.25, -0.2) is 0 Å². The minimum atomic E-state index is -0.475. The zero-order valence-corrected chi connectivity index (χ0v) is 11.0. The molecule has 6 nitrogen and oxygen atoms in total. The van der Waals surface area contributed by atoms with Crippen molar-refractivity contribution >= 4 is 23.0 Å². The van der Waals surface area contributed by atoms with Gasteiger partial charge in [-0.05, 0) is 33.3 Å². The molecule has 0 fully saturated rings. The standard InChI is InChI=1S/C11H14N4O2S/c1-3-8-4-5-18-9(8)6-12-10-11(15(16)17)13-7-14(10)2/h4-5,7,12H,3,6H2,1-2H3. The molecule has 2 aromatic heterocycles. The number of thiophene rings is 1. The topological polar surface area (TPSA) is 73.0 Å². The lowest BCUT2D eigenvalue weighted by Gasteiger charge is -2.06. The van der Waals surface area contributed by atoms with E-state index >= 15 is 0 Å². The van der Waals surface area contributed by atoms with E-state index in [0.717, 1.165) is 6.42 Å². The summed E-state index contributed by atoms with van der Waals surface area (Å²) in [4.78, 5) is 15.3. The van der Waals surface area contributed by atoms with Gasteiger partial charge in [-0.15, -0.1) is 11.3 Å². The number of nitrogens with one attached hydrogen (secondary N) is 1. The van der Waals surface area contributed by atoms with Crippen molar-refractivity contribution in [2.45, 2.75) is 19.9 Å². The molecule has 0 atom stereocenters. The molecule has 18 heavy (non-hydrogen) atoms. The Morgan fingerprint density at radius 2 is 2.39 bits per heavy atom.